The van der Waals surface area contributed by atoms with Crippen LogP contribution >= 0.6 is 11.8 Å². The molecule has 130 valence electrons. The van der Waals surface area contributed by atoms with Crippen LogP contribution in [0.4, 0.5) is 0 Å². The first-order chi connectivity index (χ1) is 13.4. The SMILES string of the molecule is c1ccc(SC(=C(c2ccccc2)c2ccccc2)c2ccccc2)cc1. The Bertz CT molecular complexity index is 963. The third kappa shape index (κ3) is 4.21. The van der Waals surface area contributed by atoms with Gasteiger partial charge in [0.2, 0.25) is 0 Å². The second-order valence-electron chi connectivity index (χ2n) is 6.22. The van der Waals surface area contributed by atoms with E-state index in [2.05, 4.69) is 121 Å². The van der Waals surface area contributed by atoms with E-state index >= 15 is 0 Å². The van der Waals surface area contributed by atoms with Crippen molar-refractivity contribution in [3.63, 3.8) is 0 Å². The van der Waals surface area contributed by atoms with Crippen LogP contribution in [-0.4, -0.2) is 0 Å². The summed E-state index contributed by atoms with van der Waals surface area (Å²) in [4.78, 5) is 2.50. The first kappa shape index (κ1) is 17.4. The number of benzene rings is 4. The van der Waals surface area contributed by atoms with Crippen molar-refractivity contribution >= 4 is 22.2 Å². The summed E-state index contributed by atoms with van der Waals surface area (Å²) in [5, 5.41) is 0. The minimum absolute atomic E-state index is 1.23. The van der Waals surface area contributed by atoms with Crippen molar-refractivity contribution in [1.82, 2.24) is 0 Å². The zero-order chi connectivity index (χ0) is 18.3. The average Bonchev–Trinajstić information content (AvgIpc) is 2.76. The van der Waals surface area contributed by atoms with Gasteiger partial charge < -0.3 is 0 Å². The van der Waals surface area contributed by atoms with Crippen LogP contribution in [0.1, 0.15) is 16.7 Å². The summed E-state index contributed by atoms with van der Waals surface area (Å²) in [6, 6.07) is 42.6. The molecule has 0 aliphatic rings. The van der Waals surface area contributed by atoms with E-state index in [4.69, 9.17) is 0 Å². The Labute approximate surface area is 165 Å². The minimum Gasteiger partial charge on any atom is -0.0888 e. The van der Waals surface area contributed by atoms with Gasteiger partial charge in [0.1, 0.15) is 0 Å². The van der Waals surface area contributed by atoms with E-state index in [1.807, 2.05) is 11.8 Å². The molecule has 0 aromatic heterocycles. The second-order valence-corrected chi connectivity index (χ2v) is 7.30. The normalized spacial score (nSPS) is 10.4. The van der Waals surface area contributed by atoms with Gasteiger partial charge in [0.25, 0.3) is 0 Å². The zero-order valence-electron chi connectivity index (χ0n) is 15.0. The van der Waals surface area contributed by atoms with Crippen molar-refractivity contribution in [3.8, 4) is 0 Å². The number of rotatable bonds is 5. The van der Waals surface area contributed by atoms with Crippen LogP contribution in [0.15, 0.2) is 126 Å². The Kier molecular flexibility index (Phi) is 5.52. The smallest absolute Gasteiger partial charge is 0.0279 e. The predicted molar refractivity (Wildman–Crippen MR) is 118 cm³/mol. The van der Waals surface area contributed by atoms with Crippen molar-refractivity contribution in [3.05, 3.63) is 138 Å². The summed E-state index contributed by atoms with van der Waals surface area (Å²) in [6.07, 6.45) is 0. The molecule has 0 atom stereocenters. The molecule has 0 aliphatic heterocycles. The van der Waals surface area contributed by atoms with E-state index in [0.717, 1.165) is 0 Å². The third-order valence-electron chi connectivity index (χ3n) is 4.35. The van der Waals surface area contributed by atoms with Gasteiger partial charge in [0.15, 0.2) is 0 Å². The fourth-order valence-electron chi connectivity index (χ4n) is 3.09. The molecule has 0 saturated carbocycles. The van der Waals surface area contributed by atoms with Crippen molar-refractivity contribution < 1.29 is 0 Å². The quantitative estimate of drug-likeness (QED) is 0.263. The molecule has 0 spiro atoms. The van der Waals surface area contributed by atoms with Gasteiger partial charge in [-0.1, -0.05) is 121 Å². The predicted octanol–water partition coefficient (Wildman–Crippen LogP) is 7.40. The van der Waals surface area contributed by atoms with Gasteiger partial charge in [-0.05, 0) is 28.8 Å². The lowest BCUT2D eigenvalue weighted by atomic mass is 9.95. The van der Waals surface area contributed by atoms with Gasteiger partial charge in [-0.15, -0.1) is 0 Å². The Morgan fingerprint density at radius 2 is 0.778 bits per heavy atom. The largest absolute Gasteiger partial charge is 0.0888 e. The number of hydrogen-bond donors (Lipinski definition) is 0. The summed E-state index contributed by atoms with van der Waals surface area (Å²) in [6.45, 7) is 0. The van der Waals surface area contributed by atoms with Crippen LogP contribution < -0.4 is 0 Å². The van der Waals surface area contributed by atoms with Gasteiger partial charge in [-0.2, -0.15) is 0 Å². The summed E-state index contributed by atoms with van der Waals surface area (Å²) >= 11 is 1.82. The van der Waals surface area contributed by atoms with Crippen molar-refractivity contribution in [2.45, 2.75) is 4.90 Å². The maximum absolute atomic E-state index is 2.19. The molecule has 0 saturated heterocycles. The Balaban J connectivity index is 1.97. The summed E-state index contributed by atoms with van der Waals surface area (Å²) in [5.41, 5.74) is 4.95. The fourth-order valence-corrected chi connectivity index (χ4v) is 4.21. The van der Waals surface area contributed by atoms with Gasteiger partial charge in [0.05, 0.1) is 0 Å². The molecule has 0 amide bonds. The lowest BCUT2D eigenvalue weighted by Gasteiger charge is -2.17. The highest BCUT2D eigenvalue weighted by molar-refractivity contribution is 8.08. The van der Waals surface area contributed by atoms with Gasteiger partial charge in [-0.25, -0.2) is 0 Å². The molecule has 1 heteroatoms. The van der Waals surface area contributed by atoms with E-state index in [1.165, 1.54) is 32.1 Å². The molecular weight excluding hydrogens is 344 g/mol. The Morgan fingerprint density at radius 3 is 1.22 bits per heavy atom. The standard InChI is InChI=1S/C26H20S/c1-5-13-21(14-6-1)25(22-15-7-2-8-16-22)26(23-17-9-3-10-18-23)27-24-19-11-4-12-20-24/h1-20H. The van der Waals surface area contributed by atoms with Crippen LogP contribution in [0, 0.1) is 0 Å². The average molecular weight is 365 g/mol. The van der Waals surface area contributed by atoms with E-state index in [1.54, 1.807) is 0 Å². The topological polar surface area (TPSA) is 0 Å². The molecule has 0 fully saturated rings. The molecule has 0 aliphatic carbocycles. The molecule has 0 N–H and O–H groups in total. The van der Waals surface area contributed by atoms with Crippen LogP contribution in [0.2, 0.25) is 0 Å². The van der Waals surface area contributed by atoms with Crippen molar-refractivity contribution in [2.24, 2.45) is 0 Å². The van der Waals surface area contributed by atoms with Crippen LogP contribution in [0.5, 0.6) is 0 Å². The molecule has 0 nitrogen and oxygen atoms in total. The van der Waals surface area contributed by atoms with Crippen LogP contribution in [0.3, 0.4) is 0 Å². The summed E-state index contributed by atoms with van der Waals surface area (Å²) in [5.74, 6) is 0. The first-order valence-electron chi connectivity index (χ1n) is 9.05. The van der Waals surface area contributed by atoms with E-state index < -0.39 is 0 Å². The summed E-state index contributed by atoms with van der Waals surface area (Å²) < 4.78 is 0. The van der Waals surface area contributed by atoms with E-state index in [9.17, 15) is 0 Å². The lowest BCUT2D eigenvalue weighted by Crippen LogP contribution is -1.93. The molecule has 0 heterocycles. The van der Waals surface area contributed by atoms with Gasteiger partial charge in [-0.3, -0.25) is 0 Å². The van der Waals surface area contributed by atoms with Gasteiger partial charge >= 0.3 is 0 Å². The Morgan fingerprint density at radius 1 is 0.407 bits per heavy atom. The molecule has 0 radical (unpaired) electrons. The van der Waals surface area contributed by atoms with E-state index in [0.29, 0.717) is 0 Å². The third-order valence-corrected chi connectivity index (χ3v) is 5.50. The number of thioether (sulfide) groups is 1. The maximum atomic E-state index is 2.19. The van der Waals surface area contributed by atoms with Crippen LogP contribution in [0.25, 0.3) is 10.5 Å². The molecule has 4 aromatic rings. The maximum Gasteiger partial charge on any atom is 0.0279 e. The van der Waals surface area contributed by atoms with Crippen molar-refractivity contribution in [2.75, 3.05) is 0 Å². The van der Waals surface area contributed by atoms with Crippen molar-refractivity contribution in [1.29, 1.82) is 0 Å². The highest BCUT2D eigenvalue weighted by Gasteiger charge is 2.15. The van der Waals surface area contributed by atoms with E-state index in [-0.39, 0.29) is 0 Å². The highest BCUT2D eigenvalue weighted by atomic mass is 32.2. The molecule has 0 unspecified atom stereocenters. The summed E-state index contributed by atoms with van der Waals surface area (Å²) in [7, 11) is 0. The lowest BCUT2D eigenvalue weighted by molar-refractivity contribution is 1.47. The zero-order valence-corrected chi connectivity index (χ0v) is 15.8. The molecule has 4 rings (SSSR count). The highest BCUT2D eigenvalue weighted by Crippen LogP contribution is 2.42. The fraction of sp³-hybridized carbons (Fsp3) is 0. The molecular formula is C26H20S. The molecule has 27 heavy (non-hydrogen) atoms. The number of hydrogen-bond acceptors (Lipinski definition) is 1. The van der Waals surface area contributed by atoms with Crippen LogP contribution in [-0.2, 0) is 0 Å². The molecule has 0 bridgehead atoms. The Hall–Kier alpha value is -3.03. The minimum atomic E-state index is 1.23. The van der Waals surface area contributed by atoms with Gasteiger partial charge in [0, 0.05) is 15.4 Å². The molecule has 4 aromatic carbocycles. The first-order valence-corrected chi connectivity index (χ1v) is 9.87. The monoisotopic (exact) mass is 364 g/mol. The second kappa shape index (κ2) is 8.57.